The smallest absolute Gasteiger partial charge is 0.137 e. The van der Waals surface area contributed by atoms with E-state index >= 15 is 0 Å². The van der Waals surface area contributed by atoms with Gasteiger partial charge in [-0.15, -0.1) is 11.8 Å². The molecule has 0 aliphatic carbocycles. The predicted octanol–water partition coefficient (Wildman–Crippen LogP) is 5.98. The molecule has 0 amide bonds. The van der Waals surface area contributed by atoms with E-state index in [-0.39, 0.29) is 5.82 Å². The van der Waals surface area contributed by atoms with Crippen LogP contribution in [0.5, 0.6) is 0 Å². The first-order valence-corrected chi connectivity index (χ1v) is 8.56. The van der Waals surface area contributed by atoms with Crippen LogP contribution in [0.2, 0.25) is 0 Å². The summed E-state index contributed by atoms with van der Waals surface area (Å²) in [4.78, 5) is 1.31. The van der Waals surface area contributed by atoms with Gasteiger partial charge in [-0.3, -0.25) is 0 Å². The molecule has 0 radical (unpaired) electrons. The monoisotopic (exact) mass is 350 g/mol. The fraction of sp³-hybridized carbons (Fsp3) is 0.294. The summed E-state index contributed by atoms with van der Waals surface area (Å²) < 4.78 is 14.5. The maximum absolute atomic E-state index is 13.8. The summed E-state index contributed by atoms with van der Waals surface area (Å²) in [5, 5.41) is 0. The molecule has 0 N–H and O–H groups in total. The Bertz CT molecular complexity index is 651. The van der Waals surface area contributed by atoms with E-state index in [1.807, 2.05) is 6.07 Å². The van der Waals surface area contributed by atoms with E-state index in [9.17, 15) is 4.39 Å². The van der Waals surface area contributed by atoms with Crippen LogP contribution < -0.4 is 0 Å². The molecule has 1 atom stereocenters. The standard InChI is InChI=1S/C17H16BrFS/c1-10(2)16-11-7-8-14(19)17(18)13(11)9-20-15-6-4-3-5-12(15)16/h3-8,10,16H,9H2,1-2H3. The lowest BCUT2D eigenvalue weighted by atomic mass is 9.81. The Morgan fingerprint density at radius 2 is 1.90 bits per heavy atom. The SMILES string of the molecule is CC(C)C1c2ccccc2SCc2c1ccc(F)c2Br. The normalized spacial score (nSPS) is 17.6. The predicted molar refractivity (Wildman–Crippen MR) is 86.8 cm³/mol. The van der Waals surface area contributed by atoms with Gasteiger partial charge >= 0.3 is 0 Å². The fourth-order valence-electron chi connectivity index (χ4n) is 2.95. The van der Waals surface area contributed by atoms with Crippen molar-refractivity contribution in [3.63, 3.8) is 0 Å². The number of fused-ring (bicyclic) bond motifs is 2. The van der Waals surface area contributed by atoms with Crippen molar-refractivity contribution in [3.05, 3.63) is 63.4 Å². The molecule has 0 spiro atoms. The molecular formula is C17H16BrFS. The summed E-state index contributed by atoms with van der Waals surface area (Å²) in [6.07, 6.45) is 0. The zero-order valence-electron chi connectivity index (χ0n) is 11.5. The van der Waals surface area contributed by atoms with Gasteiger partial charge in [0.2, 0.25) is 0 Å². The molecule has 0 nitrogen and oxygen atoms in total. The van der Waals surface area contributed by atoms with E-state index in [2.05, 4.69) is 54.0 Å². The first-order chi connectivity index (χ1) is 9.59. The van der Waals surface area contributed by atoms with E-state index < -0.39 is 0 Å². The minimum Gasteiger partial charge on any atom is -0.206 e. The van der Waals surface area contributed by atoms with Gasteiger partial charge in [0.25, 0.3) is 0 Å². The van der Waals surface area contributed by atoms with Crippen LogP contribution in [0, 0.1) is 11.7 Å². The van der Waals surface area contributed by atoms with Crippen molar-refractivity contribution < 1.29 is 4.39 Å². The molecule has 1 aliphatic rings. The van der Waals surface area contributed by atoms with Gasteiger partial charge in [-0.2, -0.15) is 0 Å². The topological polar surface area (TPSA) is 0 Å². The molecule has 104 valence electrons. The molecule has 3 heteroatoms. The van der Waals surface area contributed by atoms with Crippen LogP contribution in [0.1, 0.15) is 36.5 Å². The van der Waals surface area contributed by atoms with E-state index in [0.717, 1.165) is 11.3 Å². The third kappa shape index (κ3) is 2.31. The highest BCUT2D eigenvalue weighted by molar-refractivity contribution is 9.10. The van der Waals surface area contributed by atoms with Crippen LogP contribution >= 0.6 is 27.7 Å². The Hall–Kier alpha value is -0.800. The van der Waals surface area contributed by atoms with E-state index in [1.54, 1.807) is 17.8 Å². The van der Waals surface area contributed by atoms with Crippen LogP contribution in [-0.2, 0) is 5.75 Å². The highest BCUT2D eigenvalue weighted by Crippen LogP contribution is 2.45. The molecule has 20 heavy (non-hydrogen) atoms. The van der Waals surface area contributed by atoms with E-state index in [0.29, 0.717) is 16.3 Å². The lowest BCUT2D eigenvalue weighted by molar-refractivity contribution is 0.552. The number of benzene rings is 2. The van der Waals surface area contributed by atoms with Gasteiger partial charge in [0.15, 0.2) is 0 Å². The van der Waals surface area contributed by atoms with E-state index in [1.165, 1.54) is 16.0 Å². The minimum atomic E-state index is -0.169. The first-order valence-electron chi connectivity index (χ1n) is 6.78. The third-order valence-electron chi connectivity index (χ3n) is 3.86. The van der Waals surface area contributed by atoms with Gasteiger partial charge in [0.1, 0.15) is 5.82 Å². The Kier molecular flexibility index (Phi) is 3.91. The number of halogens is 2. The maximum Gasteiger partial charge on any atom is 0.137 e. The lowest BCUT2D eigenvalue weighted by Crippen LogP contribution is -2.11. The number of thioether (sulfide) groups is 1. The summed E-state index contributed by atoms with van der Waals surface area (Å²) in [5.41, 5.74) is 3.72. The minimum absolute atomic E-state index is 0.169. The van der Waals surface area contributed by atoms with Crippen LogP contribution in [0.4, 0.5) is 4.39 Å². The second-order valence-electron chi connectivity index (χ2n) is 5.48. The Morgan fingerprint density at radius 1 is 1.15 bits per heavy atom. The van der Waals surface area contributed by atoms with Crippen LogP contribution in [0.15, 0.2) is 45.8 Å². The molecule has 0 saturated carbocycles. The molecular weight excluding hydrogens is 335 g/mol. The summed E-state index contributed by atoms with van der Waals surface area (Å²) >= 11 is 5.23. The second-order valence-corrected chi connectivity index (χ2v) is 7.29. The van der Waals surface area contributed by atoms with Gasteiger partial charge in [-0.1, -0.05) is 38.1 Å². The van der Waals surface area contributed by atoms with Gasteiger partial charge in [0, 0.05) is 16.6 Å². The maximum atomic E-state index is 13.8. The average Bonchev–Trinajstić information content (AvgIpc) is 2.60. The Labute approximate surface area is 131 Å². The average molecular weight is 351 g/mol. The fourth-order valence-corrected chi connectivity index (χ4v) is 4.78. The molecule has 2 aromatic carbocycles. The van der Waals surface area contributed by atoms with Crippen molar-refractivity contribution >= 4 is 27.7 Å². The van der Waals surface area contributed by atoms with Crippen molar-refractivity contribution in [2.24, 2.45) is 5.92 Å². The Morgan fingerprint density at radius 3 is 2.65 bits per heavy atom. The molecule has 2 aromatic rings. The summed E-state index contributed by atoms with van der Waals surface area (Å²) in [6, 6.07) is 12.1. The molecule has 1 aliphatic heterocycles. The molecule has 0 aromatic heterocycles. The van der Waals surface area contributed by atoms with Gasteiger partial charge < -0.3 is 0 Å². The molecule has 1 unspecified atom stereocenters. The van der Waals surface area contributed by atoms with Crippen LogP contribution in [0.25, 0.3) is 0 Å². The number of hydrogen-bond donors (Lipinski definition) is 0. The van der Waals surface area contributed by atoms with Gasteiger partial charge in [0.05, 0.1) is 4.47 Å². The summed E-state index contributed by atoms with van der Waals surface area (Å²) in [6.45, 7) is 4.47. The highest BCUT2D eigenvalue weighted by atomic mass is 79.9. The van der Waals surface area contributed by atoms with Crippen molar-refractivity contribution in [1.82, 2.24) is 0 Å². The highest BCUT2D eigenvalue weighted by Gasteiger charge is 2.28. The summed E-state index contributed by atoms with van der Waals surface area (Å²) in [7, 11) is 0. The molecule has 0 bridgehead atoms. The van der Waals surface area contributed by atoms with Gasteiger partial charge in [-0.05, 0) is 50.7 Å². The van der Waals surface area contributed by atoms with Crippen molar-refractivity contribution in [3.8, 4) is 0 Å². The largest absolute Gasteiger partial charge is 0.206 e. The van der Waals surface area contributed by atoms with E-state index in [4.69, 9.17) is 0 Å². The third-order valence-corrected chi connectivity index (χ3v) is 5.83. The van der Waals surface area contributed by atoms with Crippen LogP contribution in [0.3, 0.4) is 0 Å². The Balaban J connectivity index is 2.25. The second kappa shape index (κ2) is 5.53. The summed E-state index contributed by atoms with van der Waals surface area (Å²) in [5.74, 6) is 1.45. The zero-order chi connectivity index (χ0) is 14.3. The quantitative estimate of drug-likeness (QED) is 0.609. The molecule has 0 saturated heterocycles. The zero-order valence-corrected chi connectivity index (χ0v) is 13.9. The molecule has 1 heterocycles. The van der Waals surface area contributed by atoms with Crippen molar-refractivity contribution in [1.29, 1.82) is 0 Å². The first kappa shape index (κ1) is 14.2. The van der Waals surface area contributed by atoms with Crippen molar-refractivity contribution in [2.45, 2.75) is 30.4 Å². The molecule has 0 fully saturated rings. The number of rotatable bonds is 1. The lowest BCUT2D eigenvalue weighted by Gasteiger charge is -2.24. The number of hydrogen-bond acceptors (Lipinski definition) is 1. The van der Waals surface area contributed by atoms with Crippen molar-refractivity contribution in [2.75, 3.05) is 0 Å². The van der Waals surface area contributed by atoms with Crippen LogP contribution in [-0.4, -0.2) is 0 Å². The molecule has 3 rings (SSSR count). The van der Waals surface area contributed by atoms with Gasteiger partial charge in [-0.25, -0.2) is 4.39 Å².